The molecule has 0 aliphatic carbocycles. The van der Waals surface area contributed by atoms with Crippen LogP contribution in [-0.4, -0.2) is 29.6 Å². The molecular formula is C11H22N2O3. The third-order valence-electron chi connectivity index (χ3n) is 2.25. The molecule has 0 radical (unpaired) electrons. The van der Waals surface area contributed by atoms with Crippen LogP contribution in [0.4, 0.5) is 0 Å². The van der Waals surface area contributed by atoms with E-state index in [0.29, 0.717) is 12.5 Å². The van der Waals surface area contributed by atoms with E-state index >= 15 is 0 Å². The summed E-state index contributed by atoms with van der Waals surface area (Å²) >= 11 is 0. The van der Waals surface area contributed by atoms with Gasteiger partial charge in [-0.05, 0) is 25.2 Å². The Hall–Kier alpha value is -1.10. The van der Waals surface area contributed by atoms with Crippen LogP contribution in [0.25, 0.3) is 0 Å². The summed E-state index contributed by atoms with van der Waals surface area (Å²) in [6.07, 6.45) is 0.864. The number of carboxylic acids is 1. The van der Waals surface area contributed by atoms with Crippen molar-refractivity contribution in [1.82, 2.24) is 5.32 Å². The van der Waals surface area contributed by atoms with E-state index in [2.05, 4.69) is 5.32 Å². The lowest BCUT2D eigenvalue weighted by molar-refractivity contribution is -0.138. The van der Waals surface area contributed by atoms with Crippen molar-refractivity contribution in [2.45, 2.75) is 39.7 Å². The molecule has 0 aromatic carbocycles. The van der Waals surface area contributed by atoms with Crippen LogP contribution in [0.3, 0.4) is 0 Å². The lowest BCUT2D eigenvalue weighted by Crippen LogP contribution is -2.41. The highest BCUT2D eigenvalue weighted by molar-refractivity contribution is 5.81. The molecular weight excluding hydrogens is 208 g/mol. The van der Waals surface area contributed by atoms with Crippen LogP contribution in [0.1, 0.15) is 33.6 Å². The average molecular weight is 230 g/mol. The number of carbonyl (C=O) groups excluding carboxylic acids is 1. The quantitative estimate of drug-likeness (QED) is 0.596. The summed E-state index contributed by atoms with van der Waals surface area (Å²) in [4.78, 5) is 21.9. The van der Waals surface area contributed by atoms with Gasteiger partial charge in [-0.2, -0.15) is 0 Å². The van der Waals surface area contributed by atoms with Crippen molar-refractivity contribution in [3.8, 4) is 0 Å². The molecule has 94 valence electrons. The molecule has 2 atom stereocenters. The number of aliphatic carboxylic acids is 1. The Morgan fingerprint density at radius 2 is 1.88 bits per heavy atom. The normalized spacial score (nSPS) is 14.6. The molecule has 0 unspecified atom stereocenters. The molecule has 5 nitrogen and oxygen atoms in total. The number of hydrogen-bond acceptors (Lipinski definition) is 3. The molecule has 0 aromatic heterocycles. The van der Waals surface area contributed by atoms with Crippen LogP contribution >= 0.6 is 0 Å². The predicted molar refractivity (Wildman–Crippen MR) is 61.9 cm³/mol. The van der Waals surface area contributed by atoms with Gasteiger partial charge in [0, 0.05) is 13.0 Å². The van der Waals surface area contributed by atoms with Gasteiger partial charge in [-0.3, -0.25) is 9.59 Å². The zero-order chi connectivity index (χ0) is 12.7. The van der Waals surface area contributed by atoms with Gasteiger partial charge >= 0.3 is 5.97 Å². The van der Waals surface area contributed by atoms with Crippen molar-refractivity contribution in [2.24, 2.45) is 17.6 Å². The minimum Gasteiger partial charge on any atom is -0.481 e. The monoisotopic (exact) mass is 230 g/mol. The van der Waals surface area contributed by atoms with Crippen LogP contribution < -0.4 is 11.1 Å². The van der Waals surface area contributed by atoms with Crippen LogP contribution in [0.2, 0.25) is 0 Å². The first-order chi connectivity index (χ1) is 7.32. The lowest BCUT2D eigenvalue weighted by atomic mass is 9.94. The maximum Gasteiger partial charge on any atom is 0.303 e. The molecule has 0 saturated heterocycles. The fourth-order valence-corrected chi connectivity index (χ4v) is 1.56. The van der Waals surface area contributed by atoms with Gasteiger partial charge in [-0.25, -0.2) is 0 Å². The average Bonchev–Trinajstić information content (AvgIpc) is 2.11. The first-order valence-electron chi connectivity index (χ1n) is 5.58. The van der Waals surface area contributed by atoms with E-state index in [4.69, 9.17) is 10.8 Å². The Labute approximate surface area is 96.4 Å². The van der Waals surface area contributed by atoms with E-state index in [-0.39, 0.29) is 18.2 Å². The van der Waals surface area contributed by atoms with E-state index in [0.717, 1.165) is 6.42 Å². The molecule has 0 bridgehead atoms. The standard InChI is InChI=1S/C11H22N2O3/c1-7(2)4-9(5-10(14)15)6-13-11(16)8(3)12/h7-9H,4-6,12H2,1-3H3,(H,13,16)(H,14,15)/t8-,9-/m0/s1. The van der Waals surface area contributed by atoms with Crippen molar-refractivity contribution >= 4 is 11.9 Å². The smallest absolute Gasteiger partial charge is 0.303 e. The SMILES string of the molecule is CC(C)C[C@H](CNC(=O)[C@H](C)N)CC(=O)O. The van der Waals surface area contributed by atoms with E-state index in [1.165, 1.54) is 0 Å². The first-order valence-corrected chi connectivity index (χ1v) is 5.58. The van der Waals surface area contributed by atoms with Gasteiger partial charge in [0.15, 0.2) is 0 Å². The Balaban J connectivity index is 4.10. The number of rotatable bonds is 7. The summed E-state index contributed by atoms with van der Waals surface area (Å²) < 4.78 is 0. The summed E-state index contributed by atoms with van der Waals surface area (Å²) in [6, 6.07) is -0.551. The summed E-state index contributed by atoms with van der Waals surface area (Å²) in [5.41, 5.74) is 5.40. The number of hydrogen-bond donors (Lipinski definition) is 3. The number of carbonyl (C=O) groups is 2. The maximum atomic E-state index is 11.2. The third-order valence-corrected chi connectivity index (χ3v) is 2.25. The molecule has 0 fully saturated rings. The number of carboxylic acid groups (broad SMARTS) is 1. The highest BCUT2D eigenvalue weighted by atomic mass is 16.4. The van der Waals surface area contributed by atoms with Crippen LogP contribution in [-0.2, 0) is 9.59 Å². The number of nitrogens with one attached hydrogen (secondary N) is 1. The van der Waals surface area contributed by atoms with E-state index in [1.54, 1.807) is 6.92 Å². The first kappa shape index (κ1) is 14.9. The Morgan fingerprint density at radius 1 is 1.31 bits per heavy atom. The third kappa shape index (κ3) is 7.23. The molecule has 4 N–H and O–H groups in total. The van der Waals surface area contributed by atoms with E-state index < -0.39 is 12.0 Å². The Kier molecular flexibility index (Phi) is 6.72. The molecule has 0 heterocycles. The van der Waals surface area contributed by atoms with Crippen molar-refractivity contribution in [3.05, 3.63) is 0 Å². The van der Waals surface area contributed by atoms with Gasteiger partial charge in [0.1, 0.15) is 0 Å². The minimum atomic E-state index is -0.833. The number of amides is 1. The molecule has 0 aliphatic rings. The molecule has 5 heteroatoms. The zero-order valence-electron chi connectivity index (χ0n) is 10.2. The molecule has 0 aromatic rings. The minimum absolute atomic E-state index is 0.0276. The van der Waals surface area contributed by atoms with Crippen molar-refractivity contribution in [2.75, 3.05) is 6.54 Å². The van der Waals surface area contributed by atoms with Crippen LogP contribution in [0.15, 0.2) is 0 Å². The van der Waals surface area contributed by atoms with Gasteiger partial charge < -0.3 is 16.2 Å². The molecule has 0 rings (SSSR count). The number of nitrogens with two attached hydrogens (primary N) is 1. The highest BCUT2D eigenvalue weighted by Crippen LogP contribution is 2.14. The van der Waals surface area contributed by atoms with Crippen molar-refractivity contribution < 1.29 is 14.7 Å². The second kappa shape index (κ2) is 7.22. The molecule has 0 aliphatic heterocycles. The highest BCUT2D eigenvalue weighted by Gasteiger charge is 2.16. The van der Waals surface area contributed by atoms with Crippen LogP contribution in [0.5, 0.6) is 0 Å². The second-order valence-corrected chi connectivity index (χ2v) is 4.63. The second-order valence-electron chi connectivity index (χ2n) is 4.63. The van der Waals surface area contributed by atoms with Gasteiger partial charge in [0.05, 0.1) is 6.04 Å². The molecule has 0 saturated carbocycles. The van der Waals surface area contributed by atoms with Gasteiger partial charge in [-0.15, -0.1) is 0 Å². The molecule has 16 heavy (non-hydrogen) atoms. The molecule has 0 spiro atoms. The predicted octanol–water partition coefficient (Wildman–Crippen LogP) is 0.587. The van der Waals surface area contributed by atoms with E-state index in [9.17, 15) is 9.59 Å². The van der Waals surface area contributed by atoms with Crippen LogP contribution in [0, 0.1) is 11.8 Å². The summed E-state index contributed by atoms with van der Waals surface area (Å²) in [5.74, 6) is -0.684. The zero-order valence-corrected chi connectivity index (χ0v) is 10.2. The summed E-state index contributed by atoms with van der Waals surface area (Å²) in [7, 11) is 0. The summed E-state index contributed by atoms with van der Waals surface area (Å²) in [5, 5.41) is 11.4. The van der Waals surface area contributed by atoms with E-state index in [1.807, 2.05) is 13.8 Å². The largest absolute Gasteiger partial charge is 0.481 e. The fraction of sp³-hybridized carbons (Fsp3) is 0.818. The topological polar surface area (TPSA) is 92.4 Å². The van der Waals surface area contributed by atoms with Gasteiger partial charge in [-0.1, -0.05) is 13.8 Å². The van der Waals surface area contributed by atoms with Crippen molar-refractivity contribution in [1.29, 1.82) is 0 Å². The maximum absolute atomic E-state index is 11.2. The molecule has 1 amide bonds. The Morgan fingerprint density at radius 3 is 2.25 bits per heavy atom. The summed E-state index contributed by atoms with van der Waals surface area (Å²) in [6.45, 7) is 6.04. The van der Waals surface area contributed by atoms with Gasteiger partial charge in [0.2, 0.25) is 5.91 Å². The Bertz CT molecular complexity index is 239. The van der Waals surface area contributed by atoms with Crippen molar-refractivity contribution in [3.63, 3.8) is 0 Å². The van der Waals surface area contributed by atoms with Gasteiger partial charge in [0.25, 0.3) is 0 Å². The lowest BCUT2D eigenvalue weighted by Gasteiger charge is -2.18. The fourth-order valence-electron chi connectivity index (χ4n) is 1.56.